The maximum absolute atomic E-state index is 12.6. The van der Waals surface area contributed by atoms with Gasteiger partial charge < -0.3 is 14.6 Å². The van der Waals surface area contributed by atoms with E-state index in [1.807, 2.05) is 30.5 Å². The second-order valence-electron chi connectivity index (χ2n) is 5.28. The number of nitrogens with one attached hydrogen (secondary N) is 1. The molecule has 6 nitrogen and oxygen atoms in total. The second kappa shape index (κ2) is 8.01. The lowest BCUT2D eigenvalue weighted by molar-refractivity contribution is -0.141. The van der Waals surface area contributed by atoms with Crippen molar-refractivity contribution in [1.82, 2.24) is 10.5 Å². The SMILES string of the molecule is COC(=O)C[C@@H](NC(=O)c1c(C)noc1C)c1ccc(SC)cc1. The van der Waals surface area contributed by atoms with Crippen molar-refractivity contribution >= 4 is 23.6 Å². The first kappa shape index (κ1) is 18.1. The summed E-state index contributed by atoms with van der Waals surface area (Å²) in [5.74, 6) is -0.276. The van der Waals surface area contributed by atoms with Crippen molar-refractivity contribution in [2.45, 2.75) is 31.2 Å². The van der Waals surface area contributed by atoms with Crippen molar-refractivity contribution in [3.05, 3.63) is 46.8 Å². The molecule has 128 valence electrons. The number of hydrogen-bond acceptors (Lipinski definition) is 6. The molecule has 0 aliphatic rings. The Labute approximate surface area is 144 Å². The zero-order valence-electron chi connectivity index (χ0n) is 14.1. The normalized spacial score (nSPS) is 11.8. The Morgan fingerprint density at radius 3 is 2.46 bits per heavy atom. The number of thioether (sulfide) groups is 1. The van der Waals surface area contributed by atoms with Crippen molar-refractivity contribution in [3.8, 4) is 0 Å². The van der Waals surface area contributed by atoms with Gasteiger partial charge in [0.1, 0.15) is 11.3 Å². The number of carbonyl (C=O) groups excluding carboxylic acids is 2. The Hall–Kier alpha value is -2.28. The molecule has 0 saturated heterocycles. The average Bonchev–Trinajstić information content (AvgIpc) is 2.92. The molecule has 1 aromatic heterocycles. The highest BCUT2D eigenvalue weighted by atomic mass is 32.2. The molecule has 1 heterocycles. The summed E-state index contributed by atoms with van der Waals surface area (Å²) in [5, 5.41) is 6.66. The summed E-state index contributed by atoms with van der Waals surface area (Å²) in [6.45, 7) is 3.38. The molecule has 7 heteroatoms. The van der Waals surface area contributed by atoms with Gasteiger partial charge in [-0.3, -0.25) is 9.59 Å². The highest BCUT2D eigenvalue weighted by Crippen LogP contribution is 2.23. The molecule has 1 aromatic carbocycles. The molecule has 0 unspecified atom stereocenters. The van der Waals surface area contributed by atoms with Crippen LogP contribution in [0.1, 0.15) is 39.8 Å². The number of benzene rings is 1. The highest BCUT2D eigenvalue weighted by Gasteiger charge is 2.23. The third-order valence-corrected chi connectivity index (χ3v) is 4.43. The summed E-state index contributed by atoms with van der Waals surface area (Å²) in [6, 6.07) is 7.20. The van der Waals surface area contributed by atoms with Crippen LogP contribution in [0.3, 0.4) is 0 Å². The Bertz CT molecular complexity index is 705. The minimum atomic E-state index is -0.491. The van der Waals surface area contributed by atoms with Gasteiger partial charge in [0.05, 0.1) is 25.3 Å². The van der Waals surface area contributed by atoms with Crippen molar-refractivity contribution in [3.63, 3.8) is 0 Å². The number of rotatable bonds is 6. The molecule has 0 spiro atoms. The van der Waals surface area contributed by atoms with Crippen LogP contribution < -0.4 is 5.32 Å². The number of aromatic nitrogens is 1. The number of carbonyl (C=O) groups is 2. The lowest BCUT2D eigenvalue weighted by atomic mass is 10.0. The first-order valence-corrected chi connectivity index (χ1v) is 8.63. The third-order valence-electron chi connectivity index (χ3n) is 3.68. The number of hydrogen-bond donors (Lipinski definition) is 1. The van der Waals surface area contributed by atoms with E-state index in [0.29, 0.717) is 17.0 Å². The van der Waals surface area contributed by atoms with Crippen LogP contribution in [-0.2, 0) is 9.53 Å². The van der Waals surface area contributed by atoms with Crippen LogP contribution >= 0.6 is 11.8 Å². The molecule has 0 bridgehead atoms. The topological polar surface area (TPSA) is 81.4 Å². The molecule has 0 aliphatic heterocycles. The van der Waals surface area contributed by atoms with Crippen molar-refractivity contribution in [1.29, 1.82) is 0 Å². The fraction of sp³-hybridized carbons (Fsp3) is 0.353. The maximum Gasteiger partial charge on any atom is 0.307 e. The van der Waals surface area contributed by atoms with Gasteiger partial charge in [0.2, 0.25) is 0 Å². The van der Waals surface area contributed by atoms with Gasteiger partial charge in [-0.05, 0) is 37.8 Å². The summed E-state index contributed by atoms with van der Waals surface area (Å²) >= 11 is 1.62. The van der Waals surface area contributed by atoms with Crippen LogP contribution in [0.15, 0.2) is 33.7 Å². The van der Waals surface area contributed by atoms with Crippen molar-refractivity contribution in [2.24, 2.45) is 0 Å². The van der Waals surface area contributed by atoms with Gasteiger partial charge in [-0.15, -0.1) is 11.8 Å². The van der Waals surface area contributed by atoms with Crippen LogP contribution in [0.2, 0.25) is 0 Å². The predicted molar refractivity (Wildman–Crippen MR) is 91.0 cm³/mol. The number of methoxy groups -OCH3 is 1. The smallest absolute Gasteiger partial charge is 0.307 e. The summed E-state index contributed by atoms with van der Waals surface area (Å²) in [6.07, 6.45) is 2.03. The average molecular weight is 348 g/mol. The van der Waals surface area contributed by atoms with Crippen LogP contribution in [0, 0.1) is 13.8 Å². The first-order valence-electron chi connectivity index (χ1n) is 7.40. The summed E-state index contributed by atoms with van der Waals surface area (Å²) in [4.78, 5) is 25.4. The Balaban J connectivity index is 2.25. The highest BCUT2D eigenvalue weighted by molar-refractivity contribution is 7.98. The standard InChI is InChI=1S/C17H20N2O4S/c1-10-16(11(2)23-19-10)17(21)18-14(9-15(20)22-3)12-5-7-13(24-4)8-6-12/h5-8,14H,9H2,1-4H3,(H,18,21)/t14-/m1/s1. The lowest BCUT2D eigenvalue weighted by Gasteiger charge is -2.18. The molecule has 24 heavy (non-hydrogen) atoms. The molecule has 0 aliphatic carbocycles. The van der Waals surface area contributed by atoms with E-state index < -0.39 is 12.0 Å². The van der Waals surface area contributed by atoms with E-state index in [1.54, 1.807) is 25.6 Å². The minimum absolute atomic E-state index is 0.0459. The number of nitrogens with zero attached hydrogens (tertiary/aromatic N) is 1. The van der Waals surface area contributed by atoms with Gasteiger partial charge in [-0.2, -0.15) is 0 Å². The van der Waals surface area contributed by atoms with E-state index in [4.69, 9.17) is 9.26 Å². The molecule has 2 rings (SSSR count). The van der Waals surface area contributed by atoms with Gasteiger partial charge >= 0.3 is 5.97 Å². The molecule has 0 saturated carbocycles. The van der Waals surface area contributed by atoms with Crippen LogP contribution in [0.4, 0.5) is 0 Å². The molecule has 0 fully saturated rings. The predicted octanol–water partition coefficient (Wildman–Crippen LogP) is 3.05. The van der Waals surface area contributed by atoms with E-state index in [2.05, 4.69) is 10.5 Å². The van der Waals surface area contributed by atoms with Crippen LogP contribution in [0.5, 0.6) is 0 Å². The molecule has 1 amide bonds. The fourth-order valence-corrected chi connectivity index (χ4v) is 2.78. The molecule has 1 atom stereocenters. The number of aryl methyl sites for hydroxylation is 2. The third kappa shape index (κ3) is 4.17. The van der Waals surface area contributed by atoms with Crippen molar-refractivity contribution < 1.29 is 18.8 Å². The quantitative estimate of drug-likeness (QED) is 0.638. The summed E-state index contributed by atoms with van der Waals surface area (Å²) < 4.78 is 9.77. The second-order valence-corrected chi connectivity index (χ2v) is 6.16. The monoisotopic (exact) mass is 348 g/mol. The lowest BCUT2D eigenvalue weighted by Crippen LogP contribution is -2.31. The van der Waals surface area contributed by atoms with Gasteiger partial charge in [0.25, 0.3) is 5.91 Å². The molecular weight excluding hydrogens is 328 g/mol. The molecule has 2 aromatic rings. The molecule has 0 radical (unpaired) electrons. The van der Waals surface area contributed by atoms with Gasteiger partial charge in [0.15, 0.2) is 0 Å². The maximum atomic E-state index is 12.6. The first-order chi connectivity index (χ1) is 11.5. The van der Waals surface area contributed by atoms with E-state index >= 15 is 0 Å². The number of ether oxygens (including phenoxy) is 1. The summed E-state index contributed by atoms with van der Waals surface area (Å²) in [7, 11) is 1.33. The Morgan fingerprint density at radius 1 is 1.29 bits per heavy atom. The fourth-order valence-electron chi connectivity index (χ4n) is 2.38. The van der Waals surface area contributed by atoms with Crippen molar-refractivity contribution in [2.75, 3.05) is 13.4 Å². The van der Waals surface area contributed by atoms with Crippen LogP contribution in [-0.4, -0.2) is 30.4 Å². The minimum Gasteiger partial charge on any atom is -0.469 e. The molecular formula is C17H20N2O4S. The number of esters is 1. The number of amides is 1. The van der Waals surface area contributed by atoms with E-state index in [-0.39, 0.29) is 12.3 Å². The zero-order valence-corrected chi connectivity index (χ0v) is 14.9. The Kier molecular flexibility index (Phi) is 6.03. The van der Waals surface area contributed by atoms with E-state index in [1.165, 1.54) is 7.11 Å². The van der Waals surface area contributed by atoms with Gasteiger partial charge in [-0.25, -0.2) is 0 Å². The summed E-state index contributed by atoms with van der Waals surface area (Å²) in [5.41, 5.74) is 1.74. The van der Waals surface area contributed by atoms with Crippen LogP contribution in [0.25, 0.3) is 0 Å². The zero-order chi connectivity index (χ0) is 17.7. The van der Waals surface area contributed by atoms with Gasteiger partial charge in [0, 0.05) is 4.90 Å². The van der Waals surface area contributed by atoms with E-state index in [9.17, 15) is 9.59 Å². The Morgan fingerprint density at radius 2 is 1.96 bits per heavy atom. The van der Waals surface area contributed by atoms with E-state index in [0.717, 1.165) is 10.5 Å². The largest absolute Gasteiger partial charge is 0.469 e. The van der Waals surface area contributed by atoms with Gasteiger partial charge in [-0.1, -0.05) is 17.3 Å². The molecule has 1 N–H and O–H groups in total.